The summed E-state index contributed by atoms with van der Waals surface area (Å²) in [6.07, 6.45) is 0. The Morgan fingerprint density at radius 3 is 2.23 bits per heavy atom. The molecule has 0 amide bonds. The Morgan fingerprint density at radius 2 is 1.52 bits per heavy atom. The predicted molar refractivity (Wildman–Crippen MR) is 122 cm³/mol. The largest absolute Gasteiger partial charge is 0.268 e. The molecule has 0 spiro atoms. The van der Waals surface area contributed by atoms with Crippen LogP contribution in [0.1, 0.15) is 24.4 Å². The molecular formula is C24H23N3O3S. The maximum Gasteiger partial charge on any atom is 0.266 e. The lowest BCUT2D eigenvalue weighted by Gasteiger charge is -2.27. The van der Waals surface area contributed by atoms with Crippen molar-refractivity contribution in [3.05, 3.63) is 101 Å². The first kappa shape index (κ1) is 21.0. The van der Waals surface area contributed by atoms with E-state index in [1.54, 1.807) is 55.5 Å². The summed E-state index contributed by atoms with van der Waals surface area (Å²) in [6, 6.07) is 22.2. The molecule has 1 atom stereocenters. The summed E-state index contributed by atoms with van der Waals surface area (Å²) >= 11 is 0. The molecule has 0 aliphatic carbocycles. The highest BCUT2D eigenvalue weighted by Crippen LogP contribution is 2.27. The van der Waals surface area contributed by atoms with E-state index < -0.39 is 16.1 Å². The van der Waals surface area contributed by atoms with Gasteiger partial charge in [-0.05, 0) is 49.7 Å². The molecule has 1 heterocycles. The second kappa shape index (κ2) is 8.09. The minimum Gasteiger partial charge on any atom is -0.268 e. The lowest BCUT2D eigenvalue weighted by atomic mass is 10.1. The molecule has 0 aliphatic heterocycles. The summed E-state index contributed by atoms with van der Waals surface area (Å²) in [5.74, 6) is 0.361. The van der Waals surface area contributed by atoms with Gasteiger partial charge in [0.2, 0.25) is 10.0 Å². The Morgan fingerprint density at radius 1 is 0.903 bits per heavy atom. The average Bonchev–Trinajstić information content (AvgIpc) is 2.79. The van der Waals surface area contributed by atoms with E-state index in [1.165, 1.54) is 15.9 Å². The number of hydrogen-bond donors (Lipinski definition) is 0. The molecule has 0 N–H and O–H groups in total. The van der Waals surface area contributed by atoms with Crippen LogP contribution < -0.4 is 5.56 Å². The second-order valence-electron chi connectivity index (χ2n) is 7.42. The average molecular weight is 434 g/mol. The monoisotopic (exact) mass is 433 g/mol. The van der Waals surface area contributed by atoms with Crippen LogP contribution in [0.3, 0.4) is 0 Å². The van der Waals surface area contributed by atoms with E-state index in [9.17, 15) is 13.2 Å². The summed E-state index contributed by atoms with van der Waals surface area (Å²) < 4.78 is 29.2. The van der Waals surface area contributed by atoms with Crippen molar-refractivity contribution in [3.63, 3.8) is 0 Å². The van der Waals surface area contributed by atoms with E-state index in [0.717, 1.165) is 5.56 Å². The van der Waals surface area contributed by atoms with Crippen LogP contribution in [0.15, 0.2) is 88.6 Å². The zero-order chi connectivity index (χ0) is 22.2. The van der Waals surface area contributed by atoms with Gasteiger partial charge < -0.3 is 0 Å². The second-order valence-corrected chi connectivity index (χ2v) is 9.42. The number of fused-ring (bicyclic) bond motifs is 1. The van der Waals surface area contributed by atoms with E-state index in [2.05, 4.69) is 0 Å². The number of para-hydroxylation sites is 2. The van der Waals surface area contributed by atoms with Gasteiger partial charge in [-0.3, -0.25) is 9.36 Å². The lowest BCUT2D eigenvalue weighted by Crippen LogP contribution is -2.35. The van der Waals surface area contributed by atoms with Gasteiger partial charge in [-0.2, -0.15) is 4.31 Å². The lowest BCUT2D eigenvalue weighted by molar-refractivity contribution is 0.379. The molecule has 3 aromatic carbocycles. The van der Waals surface area contributed by atoms with E-state index in [-0.39, 0.29) is 10.5 Å². The molecule has 0 bridgehead atoms. The Bertz CT molecular complexity index is 1410. The highest BCUT2D eigenvalue weighted by molar-refractivity contribution is 7.89. The summed E-state index contributed by atoms with van der Waals surface area (Å²) in [5, 5.41) is 0.482. The van der Waals surface area contributed by atoms with E-state index in [4.69, 9.17) is 4.98 Å². The maximum absolute atomic E-state index is 13.5. The third kappa shape index (κ3) is 3.66. The zero-order valence-electron chi connectivity index (χ0n) is 17.6. The van der Waals surface area contributed by atoms with Crippen molar-refractivity contribution in [3.8, 4) is 5.69 Å². The molecule has 4 rings (SSSR count). The molecule has 4 aromatic rings. The number of aryl methyl sites for hydroxylation is 1. The quantitative estimate of drug-likeness (QED) is 0.476. The minimum absolute atomic E-state index is 0.190. The molecular weight excluding hydrogens is 410 g/mol. The van der Waals surface area contributed by atoms with Gasteiger partial charge in [0, 0.05) is 7.05 Å². The molecule has 7 heteroatoms. The summed E-state index contributed by atoms with van der Waals surface area (Å²) in [7, 11) is -2.27. The van der Waals surface area contributed by atoms with E-state index in [1.807, 2.05) is 37.3 Å². The number of benzene rings is 3. The van der Waals surface area contributed by atoms with Gasteiger partial charge in [0.15, 0.2) is 0 Å². The van der Waals surface area contributed by atoms with Crippen molar-refractivity contribution in [2.45, 2.75) is 24.8 Å². The van der Waals surface area contributed by atoms with Gasteiger partial charge in [0.1, 0.15) is 5.82 Å². The molecule has 0 fully saturated rings. The molecule has 31 heavy (non-hydrogen) atoms. The normalized spacial score (nSPS) is 12.9. The number of rotatable bonds is 5. The van der Waals surface area contributed by atoms with Crippen LogP contribution in [0.4, 0.5) is 0 Å². The van der Waals surface area contributed by atoms with Crippen LogP contribution >= 0.6 is 0 Å². The first-order valence-electron chi connectivity index (χ1n) is 9.93. The molecule has 1 unspecified atom stereocenters. The highest BCUT2D eigenvalue weighted by Gasteiger charge is 2.30. The van der Waals surface area contributed by atoms with Crippen LogP contribution in [-0.4, -0.2) is 29.3 Å². The summed E-state index contributed by atoms with van der Waals surface area (Å²) in [4.78, 5) is 18.4. The minimum atomic E-state index is -3.78. The van der Waals surface area contributed by atoms with Crippen molar-refractivity contribution in [2.24, 2.45) is 0 Å². The fourth-order valence-electron chi connectivity index (χ4n) is 3.61. The predicted octanol–water partition coefficient (Wildman–Crippen LogP) is 4.08. The van der Waals surface area contributed by atoms with Crippen molar-refractivity contribution in [1.29, 1.82) is 0 Å². The number of nitrogens with zero attached hydrogens (tertiary/aromatic N) is 3. The van der Waals surface area contributed by atoms with Crippen molar-refractivity contribution < 1.29 is 8.42 Å². The first-order valence-corrected chi connectivity index (χ1v) is 11.4. The van der Waals surface area contributed by atoms with Crippen molar-refractivity contribution in [1.82, 2.24) is 13.9 Å². The van der Waals surface area contributed by atoms with Gasteiger partial charge in [-0.25, -0.2) is 13.4 Å². The van der Waals surface area contributed by atoms with Crippen LogP contribution in [-0.2, 0) is 10.0 Å². The fourth-order valence-corrected chi connectivity index (χ4v) is 4.95. The summed E-state index contributed by atoms with van der Waals surface area (Å²) in [5.41, 5.74) is 1.87. The standard InChI is InChI=1S/C24H23N3O3S/c1-17-11-7-10-16-22(17)27-23(25-21-15-9-8-14-20(21)24(27)28)18(2)26(3)31(29,30)19-12-5-4-6-13-19/h4-16,18H,1-3H3. The molecule has 0 radical (unpaired) electrons. The molecule has 1 aromatic heterocycles. The first-order chi connectivity index (χ1) is 14.8. The Kier molecular flexibility index (Phi) is 5.47. The molecule has 6 nitrogen and oxygen atoms in total. The fraction of sp³-hybridized carbons (Fsp3) is 0.167. The third-order valence-corrected chi connectivity index (χ3v) is 7.44. The molecule has 0 saturated carbocycles. The van der Waals surface area contributed by atoms with Gasteiger partial charge in [0.05, 0.1) is 27.5 Å². The molecule has 0 aliphatic rings. The summed E-state index contributed by atoms with van der Waals surface area (Å²) in [6.45, 7) is 3.65. The van der Waals surface area contributed by atoms with Gasteiger partial charge in [-0.1, -0.05) is 48.5 Å². The SMILES string of the molecule is Cc1ccccc1-n1c(C(C)N(C)S(=O)(=O)c2ccccc2)nc2ccccc2c1=O. The Hall–Kier alpha value is -3.29. The maximum atomic E-state index is 13.5. The number of aromatic nitrogens is 2. The van der Waals surface area contributed by atoms with Gasteiger partial charge >= 0.3 is 0 Å². The van der Waals surface area contributed by atoms with Crippen LogP contribution in [0.2, 0.25) is 0 Å². The Labute approximate surface area is 181 Å². The van der Waals surface area contributed by atoms with Crippen molar-refractivity contribution in [2.75, 3.05) is 7.05 Å². The molecule has 158 valence electrons. The van der Waals surface area contributed by atoms with E-state index in [0.29, 0.717) is 22.4 Å². The number of hydrogen-bond acceptors (Lipinski definition) is 4. The van der Waals surface area contributed by atoms with Gasteiger partial charge in [0.25, 0.3) is 5.56 Å². The van der Waals surface area contributed by atoms with E-state index >= 15 is 0 Å². The van der Waals surface area contributed by atoms with Crippen LogP contribution in [0.5, 0.6) is 0 Å². The zero-order valence-corrected chi connectivity index (χ0v) is 18.4. The third-order valence-electron chi connectivity index (χ3n) is 5.50. The van der Waals surface area contributed by atoms with Crippen LogP contribution in [0, 0.1) is 6.92 Å². The molecule has 0 saturated heterocycles. The smallest absolute Gasteiger partial charge is 0.266 e. The number of sulfonamides is 1. The van der Waals surface area contributed by atoms with Gasteiger partial charge in [-0.15, -0.1) is 0 Å². The van der Waals surface area contributed by atoms with Crippen molar-refractivity contribution >= 4 is 20.9 Å². The Balaban J connectivity index is 1.95. The topological polar surface area (TPSA) is 72.3 Å². The van der Waals surface area contributed by atoms with Crippen LogP contribution in [0.25, 0.3) is 16.6 Å². The highest BCUT2D eigenvalue weighted by atomic mass is 32.2.